The van der Waals surface area contributed by atoms with E-state index in [1.165, 1.54) is 5.56 Å². The average Bonchev–Trinajstić information content (AvgIpc) is 2.54. The van der Waals surface area contributed by atoms with Crippen molar-refractivity contribution in [1.82, 2.24) is 15.2 Å². The minimum atomic E-state index is -0.973. The molecule has 0 unspecified atom stereocenters. The zero-order valence-corrected chi connectivity index (χ0v) is 13.7. The lowest BCUT2D eigenvalue weighted by Gasteiger charge is -2.33. The highest BCUT2D eigenvalue weighted by Crippen LogP contribution is 2.27. The number of amides is 2. The summed E-state index contributed by atoms with van der Waals surface area (Å²) in [5.74, 6) is -0.319. The summed E-state index contributed by atoms with van der Waals surface area (Å²) in [5.41, 5.74) is 1.25. The minimum absolute atomic E-state index is 0.217. The summed E-state index contributed by atoms with van der Waals surface area (Å²) in [6, 6.07) is 2.94. The third-order valence-electron chi connectivity index (χ3n) is 4.26. The fourth-order valence-electron chi connectivity index (χ4n) is 2.98. The zero-order chi connectivity index (χ0) is 16.8. The van der Waals surface area contributed by atoms with Crippen molar-refractivity contribution in [2.45, 2.75) is 45.1 Å². The highest BCUT2D eigenvalue weighted by Gasteiger charge is 2.27. The van der Waals surface area contributed by atoms with E-state index < -0.39 is 12.0 Å². The molecule has 1 aliphatic rings. The number of hydrogen-bond donors (Lipinski definition) is 2. The first-order valence-corrected chi connectivity index (χ1v) is 8.15. The number of carboxylic acid groups (broad SMARTS) is 1. The number of carboxylic acids is 1. The van der Waals surface area contributed by atoms with Crippen molar-refractivity contribution in [1.29, 1.82) is 0 Å². The van der Waals surface area contributed by atoms with E-state index in [1.807, 2.05) is 26.0 Å². The molecule has 2 heterocycles. The van der Waals surface area contributed by atoms with Crippen LogP contribution in [0.4, 0.5) is 4.79 Å². The van der Waals surface area contributed by atoms with E-state index in [4.69, 9.17) is 0 Å². The maximum Gasteiger partial charge on any atom is 0.326 e. The Kier molecular flexibility index (Phi) is 5.96. The van der Waals surface area contributed by atoms with Crippen LogP contribution in [-0.2, 0) is 4.79 Å². The number of aliphatic carboxylic acids is 1. The van der Waals surface area contributed by atoms with Gasteiger partial charge in [0.15, 0.2) is 0 Å². The van der Waals surface area contributed by atoms with Crippen LogP contribution < -0.4 is 5.32 Å². The molecule has 1 aliphatic heterocycles. The van der Waals surface area contributed by atoms with Crippen LogP contribution in [0.25, 0.3) is 0 Å². The smallest absolute Gasteiger partial charge is 0.326 e. The Labute approximate surface area is 136 Å². The van der Waals surface area contributed by atoms with Crippen molar-refractivity contribution in [3.05, 3.63) is 30.1 Å². The van der Waals surface area contributed by atoms with Crippen molar-refractivity contribution in [3.8, 4) is 0 Å². The summed E-state index contributed by atoms with van der Waals surface area (Å²) in [4.78, 5) is 29.3. The summed E-state index contributed by atoms with van der Waals surface area (Å²) >= 11 is 0. The number of nitrogens with one attached hydrogen (secondary N) is 1. The molecule has 0 saturated carbocycles. The number of carbonyl (C=O) groups is 2. The Bertz CT molecular complexity index is 525. The molecule has 0 aliphatic carbocycles. The summed E-state index contributed by atoms with van der Waals surface area (Å²) < 4.78 is 0. The molecule has 6 heteroatoms. The highest BCUT2D eigenvalue weighted by molar-refractivity contribution is 5.82. The van der Waals surface area contributed by atoms with Gasteiger partial charge in [-0.2, -0.15) is 0 Å². The van der Waals surface area contributed by atoms with E-state index in [1.54, 1.807) is 17.3 Å². The molecule has 2 rings (SSSR count). The predicted octanol–water partition coefficient (Wildman–Crippen LogP) is 2.47. The molecule has 2 N–H and O–H groups in total. The summed E-state index contributed by atoms with van der Waals surface area (Å²) in [7, 11) is 0. The summed E-state index contributed by atoms with van der Waals surface area (Å²) in [6.07, 6.45) is 5.79. The lowest BCUT2D eigenvalue weighted by Crippen LogP contribution is -2.50. The standard InChI is InChI=1S/C17H25N3O3/c1-12(2)11-15(16(21)22)19-17(23)20-9-5-14(6-10-20)13-3-7-18-8-4-13/h3-4,7-8,12,14-15H,5-6,9-11H2,1-2H3,(H,19,23)(H,21,22)/t15-/m0/s1. The molecule has 6 nitrogen and oxygen atoms in total. The van der Waals surface area contributed by atoms with Crippen LogP contribution in [0.1, 0.15) is 44.6 Å². The number of piperidine rings is 1. The first kappa shape index (κ1) is 17.2. The molecule has 0 bridgehead atoms. The first-order chi connectivity index (χ1) is 11.0. The highest BCUT2D eigenvalue weighted by atomic mass is 16.4. The van der Waals surface area contributed by atoms with Crippen LogP contribution in [0.3, 0.4) is 0 Å². The third kappa shape index (κ3) is 4.94. The van der Waals surface area contributed by atoms with E-state index in [0.717, 1.165) is 12.8 Å². The van der Waals surface area contributed by atoms with Crippen molar-refractivity contribution < 1.29 is 14.7 Å². The third-order valence-corrected chi connectivity index (χ3v) is 4.26. The Morgan fingerprint density at radius 1 is 1.30 bits per heavy atom. The number of hydrogen-bond acceptors (Lipinski definition) is 3. The second-order valence-corrected chi connectivity index (χ2v) is 6.51. The SMILES string of the molecule is CC(C)C[C@H](NC(=O)N1CCC(c2ccncc2)CC1)C(=O)O. The van der Waals surface area contributed by atoms with Crippen LogP contribution in [0.2, 0.25) is 0 Å². The fraction of sp³-hybridized carbons (Fsp3) is 0.588. The second-order valence-electron chi connectivity index (χ2n) is 6.51. The number of carbonyl (C=O) groups excluding carboxylic acids is 1. The van der Waals surface area contributed by atoms with Gasteiger partial charge in [0, 0.05) is 25.5 Å². The predicted molar refractivity (Wildman–Crippen MR) is 87.2 cm³/mol. The van der Waals surface area contributed by atoms with E-state index >= 15 is 0 Å². The van der Waals surface area contributed by atoms with Gasteiger partial charge in [-0.3, -0.25) is 4.98 Å². The molecule has 0 spiro atoms. The number of urea groups is 1. The Balaban J connectivity index is 1.86. The Hall–Kier alpha value is -2.11. The molecule has 2 amide bonds. The van der Waals surface area contributed by atoms with Gasteiger partial charge >= 0.3 is 12.0 Å². The molecular weight excluding hydrogens is 294 g/mol. The molecule has 0 aromatic carbocycles. The van der Waals surface area contributed by atoms with Gasteiger partial charge < -0.3 is 15.3 Å². The topological polar surface area (TPSA) is 82.5 Å². The average molecular weight is 319 g/mol. The van der Waals surface area contributed by atoms with Crippen LogP contribution in [0, 0.1) is 5.92 Å². The molecular formula is C17H25N3O3. The molecule has 0 radical (unpaired) electrons. The Morgan fingerprint density at radius 2 is 1.91 bits per heavy atom. The lowest BCUT2D eigenvalue weighted by atomic mass is 9.90. The van der Waals surface area contributed by atoms with Gasteiger partial charge in [0.1, 0.15) is 6.04 Å². The molecule has 1 aromatic rings. The quantitative estimate of drug-likeness (QED) is 0.873. The maximum absolute atomic E-state index is 12.3. The van der Waals surface area contributed by atoms with Crippen molar-refractivity contribution in [2.24, 2.45) is 5.92 Å². The van der Waals surface area contributed by atoms with Gasteiger partial charge in [0.2, 0.25) is 0 Å². The number of aromatic nitrogens is 1. The van der Waals surface area contributed by atoms with Crippen LogP contribution in [0.5, 0.6) is 0 Å². The van der Waals surface area contributed by atoms with Crippen molar-refractivity contribution in [3.63, 3.8) is 0 Å². The number of rotatable bonds is 5. The zero-order valence-electron chi connectivity index (χ0n) is 13.7. The molecule has 1 aromatic heterocycles. The molecule has 126 valence electrons. The number of nitrogens with zero attached hydrogens (tertiary/aromatic N) is 2. The van der Waals surface area contributed by atoms with Gasteiger partial charge in [-0.15, -0.1) is 0 Å². The fourth-order valence-corrected chi connectivity index (χ4v) is 2.98. The van der Waals surface area contributed by atoms with E-state index in [0.29, 0.717) is 25.4 Å². The van der Waals surface area contributed by atoms with E-state index in [-0.39, 0.29) is 11.9 Å². The minimum Gasteiger partial charge on any atom is -0.480 e. The molecule has 1 saturated heterocycles. The van der Waals surface area contributed by atoms with Crippen LogP contribution in [-0.4, -0.2) is 46.1 Å². The van der Waals surface area contributed by atoms with Crippen molar-refractivity contribution in [2.75, 3.05) is 13.1 Å². The van der Waals surface area contributed by atoms with Gasteiger partial charge in [0.25, 0.3) is 0 Å². The van der Waals surface area contributed by atoms with Crippen LogP contribution >= 0.6 is 0 Å². The van der Waals surface area contributed by atoms with Gasteiger partial charge in [-0.25, -0.2) is 9.59 Å². The van der Waals surface area contributed by atoms with E-state index in [9.17, 15) is 14.7 Å². The monoisotopic (exact) mass is 319 g/mol. The Morgan fingerprint density at radius 3 is 2.43 bits per heavy atom. The largest absolute Gasteiger partial charge is 0.480 e. The van der Waals surface area contributed by atoms with Gasteiger partial charge in [-0.05, 0) is 48.8 Å². The summed E-state index contributed by atoms with van der Waals surface area (Å²) in [6.45, 7) is 5.18. The number of likely N-dealkylation sites (tertiary alicyclic amines) is 1. The lowest BCUT2D eigenvalue weighted by molar-refractivity contribution is -0.139. The van der Waals surface area contributed by atoms with Gasteiger partial charge in [0.05, 0.1) is 0 Å². The molecule has 1 fully saturated rings. The molecule has 1 atom stereocenters. The van der Waals surface area contributed by atoms with E-state index in [2.05, 4.69) is 10.3 Å². The molecule has 23 heavy (non-hydrogen) atoms. The number of pyridine rings is 1. The normalized spacial score (nSPS) is 17.1. The maximum atomic E-state index is 12.3. The van der Waals surface area contributed by atoms with Crippen molar-refractivity contribution >= 4 is 12.0 Å². The van der Waals surface area contributed by atoms with Crippen LogP contribution in [0.15, 0.2) is 24.5 Å². The first-order valence-electron chi connectivity index (χ1n) is 8.15. The second kappa shape index (κ2) is 7.94. The summed E-state index contributed by atoms with van der Waals surface area (Å²) in [5, 5.41) is 11.9. The van der Waals surface area contributed by atoms with Gasteiger partial charge in [-0.1, -0.05) is 13.8 Å².